The van der Waals surface area contributed by atoms with E-state index in [1.54, 1.807) is 12.4 Å². The van der Waals surface area contributed by atoms with Crippen LogP contribution in [0.2, 0.25) is 0 Å². The zero-order valence-electron chi connectivity index (χ0n) is 8.65. The normalized spacial score (nSPS) is 15.3. The first-order valence-corrected chi connectivity index (χ1v) is 5.28. The van der Waals surface area contributed by atoms with Crippen LogP contribution in [0.25, 0.3) is 0 Å². The van der Waals surface area contributed by atoms with E-state index in [2.05, 4.69) is 10.3 Å². The lowest BCUT2D eigenvalue weighted by Crippen LogP contribution is -2.32. The van der Waals surface area contributed by atoms with Crippen LogP contribution in [-0.2, 0) is 4.79 Å². The first-order chi connectivity index (χ1) is 7.36. The largest absolute Gasteiger partial charge is 0.376 e. The van der Waals surface area contributed by atoms with Crippen molar-refractivity contribution in [3.05, 3.63) is 24.5 Å². The highest BCUT2D eigenvalue weighted by Gasteiger charge is 2.16. The van der Waals surface area contributed by atoms with Gasteiger partial charge in [-0.05, 0) is 25.0 Å². The number of pyridine rings is 1. The quantitative estimate of drug-likeness (QED) is 0.804. The average Bonchev–Trinajstić information content (AvgIpc) is 2.81. The summed E-state index contributed by atoms with van der Waals surface area (Å²) in [7, 11) is 0. The Balaban J connectivity index is 1.80. The summed E-state index contributed by atoms with van der Waals surface area (Å²) in [6.45, 7) is 2.21. The van der Waals surface area contributed by atoms with E-state index in [1.807, 2.05) is 17.0 Å². The molecule has 1 amide bonds. The zero-order chi connectivity index (χ0) is 10.5. The van der Waals surface area contributed by atoms with Gasteiger partial charge in [0, 0.05) is 31.2 Å². The SMILES string of the molecule is O=C(CNc1ccncc1)N1CCCC1. The second-order valence-corrected chi connectivity index (χ2v) is 3.68. The van der Waals surface area contributed by atoms with Gasteiger partial charge in [0.1, 0.15) is 0 Å². The summed E-state index contributed by atoms with van der Waals surface area (Å²) in [4.78, 5) is 17.5. The van der Waals surface area contributed by atoms with Crippen molar-refractivity contribution >= 4 is 11.6 Å². The van der Waals surface area contributed by atoms with Crippen LogP contribution in [0, 0.1) is 0 Å². The third-order valence-corrected chi connectivity index (χ3v) is 2.58. The second kappa shape index (κ2) is 4.77. The summed E-state index contributed by atoms with van der Waals surface area (Å²) in [5, 5.41) is 3.09. The Morgan fingerprint density at radius 1 is 1.33 bits per heavy atom. The molecule has 1 aliphatic heterocycles. The molecule has 1 N–H and O–H groups in total. The molecule has 2 rings (SSSR count). The highest BCUT2D eigenvalue weighted by atomic mass is 16.2. The molecule has 0 aliphatic carbocycles. The Bertz CT molecular complexity index is 320. The molecule has 1 aliphatic rings. The summed E-state index contributed by atoms with van der Waals surface area (Å²) in [5.41, 5.74) is 0.942. The van der Waals surface area contributed by atoms with Crippen LogP contribution < -0.4 is 5.32 Å². The van der Waals surface area contributed by atoms with E-state index < -0.39 is 0 Å². The third-order valence-electron chi connectivity index (χ3n) is 2.58. The van der Waals surface area contributed by atoms with Gasteiger partial charge in [-0.25, -0.2) is 0 Å². The zero-order valence-corrected chi connectivity index (χ0v) is 8.65. The molecule has 1 aromatic rings. The fourth-order valence-corrected chi connectivity index (χ4v) is 1.73. The molecule has 0 bridgehead atoms. The summed E-state index contributed by atoms with van der Waals surface area (Å²) in [6, 6.07) is 3.72. The minimum absolute atomic E-state index is 0.185. The van der Waals surface area contributed by atoms with Crippen LogP contribution in [0.4, 0.5) is 5.69 Å². The van der Waals surface area contributed by atoms with E-state index in [9.17, 15) is 4.79 Å². The molecule has 0 radical (unpaired) electrons. The van der Waals surface area contributed by atoms with E-state index in [4.69, 9.17) is 0 Å². The summed E-state index contributed by atoms with van der Waals surface area (Å²) in [6.07, 6.45) is 5.70. The van der Waals surface area contributed by atoms with Crippen LogP contribution in [0.1, 0.15) is 12.8 Å². The first kappa shape index (κ1) is 9.96. The molecule has 0 spiro atoms. The number of hydrogen-bond donors (Lipinski definition) is 1. The standard InChI is InChI=1S/C11H15N3O/c15-11(14-7-1-2-8-14)9-13-10-3-5-12-6-4-10/h3-6H,1-2,7-9H2,(H,12,13). The molecule has 4 heteroatoms. The number of nitrogens with one attached hydrogen (secondary N) is 1. The maximum absolute atomic E-state index is 11.7. The van der Waals surface area contributed by atoms with Gasteiger partial charge in [0.25, 0.3) is 0 Å². The van der Waals surface area contributed by atoms with Gasteiger partial charge in [0.05, 0.1) is 6.54 Å². The molecular weight excluding hydrogens is 190 g/mol. The molecule has 80 valence electrons. The average molecular weight is 205 g/mol. The molecule has 0 aromatic carbocycles. The molecule has 0 unspecified atom stereocenters. The van der Waals surface area contributed by atoms with E-state index in [0.717, 1.165) is 31.6 Å². The minimum Gasteiger partial charge on any atom is -0.376 e. The number of hydrogen-bond acceptors (Lipinski definition) is 3. The van der Waals surface area contributed by atoms with Crippen molar-refractivity contribution in [2.75, 3.05) is 25.0 Å². The highest BCUT2D eigenvalue weighted by Crippen LogP contribution is 2.08. The van der Waals surface area contributed by atoms with Crippen LogP contribution in [0.5, 0.6) is 0 Å². The van der Waals surface area contributed by atoms with Crippen LogP contribution in [0.15, 0.2) is 24.5 Å². The summed E-state index contributed by atoms with van der Waals surface area (Å²) >= 11 is 0. The third kappa shape index (κ3) is 2.68. The number of anilines is 1. The predicted octanol–water partition coefficient (Wildman–Crippen LogP) is 1.12. The fraction of sp³-hybridized carbons (Fsp3) is 0.455. The van der Waals surface area contributed by atoms with E-state index in [-0.39, 0.29) is 5.91 Å². The van der Waals surface area contributed by atoms with Gasteiger partial charge in [0.15, 0.2) is 0 Å². The number of aromatic nitrogens is 1. The minimum atomic E-state index is 0.185. The lowest BCUT2D eigenvalue weighted by Gasteiger charge is -2.15. The Labute approximate surface area is 89.3 Å². The van der Waals surface area contributed by atoms with Gasteiger partial charge in [-0.2, -0.15) is 0 Å². The lowest BCUT2D eigenvalue weighted by atomic mass is 10.4. The van der Waals surface area contributed by atoms with Crippen molar-refractivity contribution in [3.8, 4) is 0 Å². The van der Waals surface area contributed by atoms with Crippen molar-refractivity contribution in [1.82, 2.24) is 9.88 Å². The van der Waals surface area contributed by atoms with Gasteiger partial charge in [0.2, 0.25) is 5.91 Å². The first-order valence-electron chi connectivity index (χ1n) is 5.28. The number of rotatable bonds is 3. The van der Waals surface area contributed by atoms with E-state index in [0.29, 0.717) is 6.54 Å². The van der Waals surface area contributed by atoms with Gasteiger partial charge in [-0.1, -0.05) is 0 Å². The van der Waals surface area contributed by atoms with Gasteiger partial charge in [-0.15, -0.1) is 0 Å². The highest BCUT2D eigenvalue weighted by molar-refractivity contribution is 5.81. The van der Waals surface area contributed by atoms with E-state index >= 15 is 0 Å². The Kier molecular flexibility index (Phi) is 3.17. The fourth-order valence-electron chi connectivity index (χ4n) is 1.73. The maximum atomic E-state index is 11.7. The Morgan fingerprint density at radius 2 is 2.00 bits per heavy atom. The Hall–Kier alpha value is -1.58. The molecule has 1 fully saturated rings. The van der Waals surface area contributed by atoms with Crippen molar-refractivity contribution in [2.24, 2.45) is 0 Å². The number of nitrogens with zero attached hydrogens (tertiary/aromatic N) is 2. The molecular formula is C11H15N3O. The molecule has 1 saturated heterocycles. The van der Waals surface area contributed by atoms with Crippen molar-refractivity contribution in [3.63, 3.8) is 0 Å². The van der Waals surface area contributed by atoms with Crippen LogP contribution in [-0.4, -0.2) is 35.4 Å². The molecule has 0 atom stereocenters. The van der Waals surface area contributed by atoms with Gasteiger partial charge in [-0.3, -0.25) is 9.78 Å². The Morgan fingerprint density at radius 3 is 2.67 bits per heavy atom. The molecule has 15 heavy (non-hydrogen) atoms. The molecule has 0 saturated carbocycles. The van der Waals surface area contributed by atoms with Crippen molar-refractivity contribution in [2.45, 2.75) is 12.8 Å². The van der Waals surface area contributed by atoms with Crippen molar-refractivity contribution in [1.29, 1.82) is 0 Å². The maximum Gasteiger partial charge on any atom is 0.241 e. The van der Waals surface area contributed by atoms with Gasteiger partial charge >= 0.3 is 0 Å². The second-order valence-electron chi connectivity index (χ2n) is 3.68. The molecule has 4 nitrogen and oxygen atoms in total. The monoisotopic (exact) mass is 205 g/mol. The molecule has 1 aromatic heterocycles. The van der Waals surface area contributed by atoms with Crippen LogP contribution >= 0.6 is 0 Å². The predicted molar refractivity (Wildman–Crippen MR) is 58.5 cm³/mol. The number of carbonyl (C=O) groups is 1. The van der Waals surface area contributed by atoms with E-state index in [1.165, 1.54) is 0 Å². The molecule has 2 heterocycles. The van der Waals surface area contributed by atoms with Crippen LogP contribution in [0.3, 0.4) is 0 Å². The topological polar surface area (TPSA) is 45.2 Å². The smallest absolute Gasteiger partial charge is 0.241 e. The number of likely N-dealkylation sites (tertiary alicyclic amines) is 1. The summed E-state index contributed by atoms with van der Waals surface area (Å²) < 4.78 is 0. The number of carbonyl (C=O) groups excluding carboxylic acids is 1. The summed E-state index contributed by atoms with van der Waals surface area (Å²) in [5.74, 6) is 0.185. The van der Waals surface area contributed by atoms with Gasteiger partial charge < -0.3 is 10.2 Å². The number of amides is 1. The van der Waals surface area contributed by atoms with Crippen molar-refractivity contribution < 1.29 is 4.79 Å². The lowest BCUT2D eigenvalue weighted by molar-refractivity contribution is -0.128.